The predicted molar refractivity (Wildman–Crippen MR) is 64.7 cm³/mol. The molecule has 1 aromatic rings. The van der Waals surface area contributed by atoms with Crippen LogP contribution in [0.5, 0.6) is 0 Å². The SMILES string of the molecule is CC(C)(C)C1CCN(c2nsnc2Cl)C1. The van der Waals surface area contributed by atoms with Gasteiger partial charge in [-0.25, -0.2) is 0 Å². The molecule has 3 nitrogen and oxygen atoms in total. The molecule has 1 atom stereocenters. The molecule has 15 heavy (non-hydrogen) atoms. The zero-order valence-electron chi connectivity index (χ0n) is 9.33. The van der Waals surface area contributed by atoms with E-state index >= 15 is 0 Å². The molecule has 1 aliphatic heterocycles. The van der Waals surface area contributed by atoms with Crippen molar-refractivity contribution in [1.29, 1.82) is 0 Å². The van der Waals surface area contributed by atoms with Crippen LogP contribution in [-0.4, -0.2) is 21.8 Å². The Morgan fingerprint density at radius 3 is 2.60 bits per heavy atom. The molecule has 1 aromatic heterocycles. The summed E-state index contributed by atoms with van der Waals surface area (Å²) in [6.07, 6.45) is 1.22. The Balaban J connectivity index is 2.08. The first-order valence-corrected chi connectivity index (χ1v) is 6.32. The van der Waals surface area contributed by atoms with Crippen LogP contribution in [0, 0.1) is 11.3 Å². The largest absolute Gasteiger partial charge is 0.353 e. The van der Waals surface area contributed by atoms with Crippen molar-refractivity contribution in [3.8, 4) is 0 Å². The van der Waals surface area contributed by atoms with Crippen molar-refractivity contribution in [1.82, 2.24) is 8.75 Å². The average Bonchev–Trinajstić information content (AvgIpc) is 2.69. The zero-order chi connectivity index (χ0) is 11.1. The smallest absolute Gasteiger partial charge is 0.187 e. The molecule has 84 valence electrons. The maximum absolute atomic E-state index is 5.98. The lowest BCUT2D eigenvalue weighted by Gasteiger charge is -2.26. The molecule has 1 fully saturated rings. The molecule has 2 heterocycles. The van der Waals surface area contributed by atoms with Crippen LogP contribution in [0.3, 0.4) is 0 Å². The van der Waals surface area contributed by atoms with Crippen LogP contribution in [0.25, 0.3) is 0 Å². The van der Waals surface area contributed by atoms with Gasteiger partial charge in [0.15, 0.2) is 11.0 Å². The lowest BCUT2D eigenvalue weighted by molar-refractivity contribution is 0.263. The van der Waals surface area contributed by atoms with Crippen molar-refractivity contribution in [3.05, 3.63) is 5.15 Å². The predicted octanol–water partition coefficient (Wildman–Crippen LogP) is 3.06. The van der Waals surface area contributed by atoms with Gasteiger partial charge in [-0.1, -0.05) is 32.4 Å². The van der Waals surface area contributed by atoms with E-state index in [1.165, 1.54) is 18.1 Å². The number of nitrogens with zero attached hydrogens (tertiary/aromatic N) is 3. The normalized spacial score (nSPS) is 22.4. The van der Waals surface area contributed by atoms with Gasteiger partial charge in [0.05, 0.1) is 11.7 Å². The van der Waals surface area contributed by atoms with E-state index in [1.807, 2.05) is 0 Å². The van der Waals surface area contributed by atoms with E-state index in [4.69, 9.17) is 11.6 Å². The van der Waals surface area contributed by atoms with Gasteiger partial charge in [0.25, 0.3) is 0 Å². The van der Waals surface area contributed by atoms with E-state index in [1.54, 1.807) is 0 Å². The maximum atomic E-state index is 5.98. The van der Waals surface area contributed by atoms with E-state index in [9.17, 15) is 0 Å². The van der Waals surface area contributed by atoms with Crippen LogP contribution in [0.2, 0.25) is 5.15 Å². The summed E-state index contributed by atoms with van der Waals surface area (Å²) in [5.74, 6) is 1.59. The van der Waals surface area contributed by atoms with Crippen molar-refractivity contribution in [2.75, 3.05) is 18.0 Å². The number of anilines is 1. The lowest BCUT2D eigenvalue weighted by Crippen LogP contribution is -2.26. The lowest BCUT2D eigenvalue weighted by atomic mass is 9.80. The number of rotatable bonds is 1. The summed E-state index contributed by atoms with van der Waals surface area (Å²) in [4.78, 5) is 2.25. The molecule has 0 saturated carbocycles. The highest BCUT2D eigenvalue weighted by atomic mass is 35.5. The van der Waals surface area contributed by atoms with Crippen LogP contribution in [-0.2, 0) is 0 Å². The summed E-state index contributed by atoms with van der Waals surface area (Å²) in [6.45, 7) is 8.98. The van der Waals surface area contributed by atoms with Gasteiger partial charge in [0.2, 0.25) is 0 Å². The number of hydrogen-bond acceptors (Lipinski definition) is 4. The van der Waals surface area contributed by atoms with Crippen LogP contribution in [0.15, 0.2) is 0 Å². The summed E-state index contributed by atoms with van der Waals surface area (Å²) in [7, 11) is 0. The van der Waals surface area contributed by atoms with Crippen molar-refractivity contribution in [2.24, 2.45) is 11.3 Å². The molecular weight excluding hydrogens is 230 g/mol. The van der Waals surface area contributed by atoms with E-state index in [2.05, 4.69) is 34.4 Å². The molecule has 0 spiro atoms. The van der Waals surface area contributed by atoms with Gasteiger partial charge in [-0.3, -0.25) is 0 Å². The highest BCUT2D eigenvalue weighted by molar-refractivity contribution is 6.99. The van der Waals surface area contributed by atoms with Crippen molar-refractivity contribution in [3.63, 3.8) is 0 Å². The van der Waals surface area contributed by atoms with Crippen molar-refractivity contribution < 1.29 is 0 Å². The summed E-state index contributed by atoms with van der Waals surface area (Å²) < 4.78 is 8.24. The highest BCUT2D eigenvalue weighted by Crippen LogP contribution is 2.36. The van der Waals surface area contributed by atoms with Crippen LogP contribution >= 0.6 is 23.3 Å². The maximum Gasteiger partial charge on any atom is 0.187 e. The average molecular weight is 246 g/mol. The van der Waals surface area contributed by atoms with Gasteiger partial charge in [-0.15, -0.1) is 0 Å². The Morgan fingerprint density at radius 1 is 1.40 bits per heavy atom. The van der Waals surface area contributed by atoms with Gasteiger partial charge < -0.3 is 4.90 Å². The van der Waals surface area contributed by atoms with E-state index in [-0.39, 0.29) is 0 Å². The summed E-state index contributed by atoms with van der Waals surface area (Å²) in [5.41, 5.74) is 0.366. The van der Waals surface area contributed by atoms with Crippen LogP contribution in [0.1, 0.15) is 27.2 Å². The summed E-state index contributed by atoms with van der Waals surface area (Å²) in [6, 6.07) is 0. The molecule has 1 aliphatic rings. The first-order valence-electron chi connectivity index (χ1n) is 5.21. The Kier molecular flexibility index (Phi) is 2.90. The molecule has 0 aliphatic carbocycles. The first-order chi connectivity index (χ1) is 6.98. The zero-order valence-corrected chi connectivity index (χ0v) is 10.9. The number of halogens is 1. The fraction of sp³-hybridized carbons (Fsp3) is 0.800. The Hall–Kier alpha value is -0.350. The van der Waals surface area contributed by atoms with Crippen LogP contribution < -0.4 is 4.90 Å². The Labute approximate surface area is 99.8 Å². The topological polar surface area (TPSA) is 29.0 Å². The molecule has 0 N–H and O–H groups in total. The van der Waals surface area contributed by atoms with E-state index in [0.717, 1.165) is 24.8 Å². The van der Waals surface area contributed by atoms with Gasteiger partial charge >= 0.3 is 0 Å². The molecule has 1 saturated heterocycles. The molecule has 5 heteroatoms. The first kappa shape index (κ1) is 11.1. The molecule has 2 rings (SSSR count). The Morgan fingerprint density at radius 2 is 2.13 bits per heavy atom. The van der Waals surface area contributed by atoms with Gasteiger partial charge in [-0.05, 0) is 17.8 Å². The number of aromatic nitrogens is 2. The molecule has 0 radical (unpaired) electrons. The fourth-order valence-corrected chi connectivity index (χ4v) is 2.80. The monoisotopic (exact) mass is 245 g/mol. The Bertz CT molecular complexity index is 345. The second-order valence-corrected chi connectivity index (χ2v) is 6.06. The third kappa shape index (κ3) is 2.26. The van der Waals surface area contributed by atoms with Gasteiger partial charge in [0.1, 0.15) is 0 Å². The minimum absolute atomic E-state index is 0.366. The summed E-state index contributed by atoms with van der Waals surface area (Å²) in [5, 5.41) is 0.551. The third-order valence-corrected chi connectivity index (χ3v) is 4.02. The molecule has 1 unspecified atom stereocenters. The van der Waals surface area contributed by atoms with Crippen molar-refractivity contribution >= 4 is 29.1 Å². The second kappa shape index (κ2) is 3.91. The van der Waals surface area contributed by atoms with Gasteiger partial charge in [-0.2, -0.15) is 8.75 Å². The van der Waals surface area contributed by atoms with E-state index < -0.39 is 0 Å². The number of hydrogen-bond donors (Lipinski definition) is 0. The minimum Gasteiger partial charge on any atom is -0.353 e. The highest BCUT2D eigenvalue weighted by Gasteiger charge is 2.33. The van der Waals surface area contributed by atoms with Crippen LogP contribution in [0.4, 0.5) is 5.82 Å². The third-order valence-electron chi connectivity index (χ3n) is 3.15. The van der Waals surface area contributed by atoms with E-state index in [0.29, 0.717) is 10.6 Å². The van der Waals surface area contributed by atoms with Gasteiger partial charge in [0, 0.05) is 13.1 Å². The molecular formula is C10H16ClN3S. The fourth-order valence-electron chi connectivity index (χ4n) is 2.02. The molecule has 0 aromatic carbocycles. The van der Waals surface area contributed by atoms with Crippen molar-refractivity contribution in [2.45, 2.75) is 27.2 Å². The quantitative estimate of drug-likeness (QED) is 0.762. The molecule has 0 bridgehead atoms. The second-order valence-electron chi connectivity index (χ2n) is 5.18. The standard InChI is InChI=1S/C10H16ClN3S/c1-10(2,3)7-4-5-14(6-7)9-8(11)12-15-13-9/h7H,4-6H2,1-3H3. The minimum atomic E-state index is 0.366. The molecule has 0 amide bonds. The summed E-state index contributed by atoms with van der Waals surface area (Å²) >= 11 is 7.17.